The number of aliphatic hydroxyl groups excluding tert-OH is 1. The predicted molar refractivity (Wildman–Crippen MR) is 137 cm³/mol. The number of nitrogens with zero attached hydrogens (tertiary/aromatic N) is 1. The van der Waals surface area contributed by atoms with Gasteiger partial charge in [-0.15, -0.1) is 0 Å². The van der Waals surface area contributed by atoms with E-state index in [1.165, 1.54) is 17.0 Å². The van der Waals surface area contributed by atoms with Gasteiger partial charge in [-0.2, -0.15) is 0 Å². The molecule has 1 aromatic heterocycles. The third kappa shape index (κ3) is 4.85. The minimum Gasteiger partial charge on any atom is -0.503 e. The fourth-order valence-electron chi connectivity index (χ4n) is 4.59. The number of amides is 1. The molecule has 1 atom stereocenters. The standard InChI is InChI=1S/C30H26FNO5/c1-18(2)36-23-13-9-20(10-14-23)27-26(28(33)25-17-21-5-3-4-6-24(21)37-25)29(34)30(35)32(27)16-15-19-7-11-22(31)12-8-19/h3-14,17-18,27,34H,15-16H2,1-2H3. The van der Waals surface area contributed by atoms with E-state index in [4.69, 9.17) is 9.15 Å². The van der Waals surface area contributed by atoms with Gasteiger partial charge in [0.2, 0.25) is 5.78 Å². The maximum Gasteiger partial charge on any atom is 0.290 e. The van der Waals surface area contributed by atoms with Crippen LogP contribution < -0.4 is 4.74 Å². The van der Waals surface area contributed by atoms with Crippen LogP contribution in [0.2, 0.25) is 0 Å². The summed E-state index contributed by atoms with van der Waals surface area (Å²) in [7, 11) is 0. The van der Waals surface area contributed by atoms with Crippen molar-refractivity contribution in [3.63, 3.8) is 0 Å². The summed E-state index contributed by atoms with van der Waals surface area (Å²) in [5, 5.41) is 11.7. The maximum atomic E-state index is 13.7. The largest absolute Gasteiger partial charge is 0.503 e. The second kappa shape index (κ2) is 9.93. The topological polar surface area (TPSA) is 80.0 Å². The van der Waals surface area contributed by atoms with Crippen molar-refractivity contribution in [2.45, 2.75) is 32.4 Å². The zero-order valence-electron chi connectivity index (χ0n) is 20.5. The van der Waals surface area contributed by atoms with Crippen LogP contribution in [0.5, 0.6) is 5.75 Å². The molecule has 188 valence electrons. The first-order chi connectivity index (χ1) is 17.8. The number of ether oxygens (including phenoxy) is 1. The lowest BCUT2D eigenvalue weighted by atomic mass is 9.94. The molecule has 0 aliphatic carbocycles. The number of halogens is 1. The third-order valence-electron chi connectivity index (χ3n) is 6.32. The number of rotatable bonds is 8. The number of ketones is 1. The Morgan fingerprint density at radius 1 is 1.05 bits per heavy atom. The van der Waals surface area contributed by atoms with Gasteiger partial charge in [0.05, 0.1) is 17.7 Å². The van der Waals surface area contributed by atoms with Crippen molar-refractivity contribution in [3.8, 4) is 5.75 Å². The Morgan fingerprint density at radius 3 is 2.43 bits per heavy atom. The van der Waals surface area contributed by atoms with E-state index >= 15 is 0 Å². The van der Waals surface area contributed by atoms with Gasteiger partial charge in [-0.1, -0.05) is 42.5 Å². The normalized spacial score (nSPS) is 15.7. The van der Waals surface area contributed by atoms with Crippen LogP contribution in [-0.2, 0) is 11.2 Å². The maximum absolute atomic E-state index is 13.7. The molecule has 6 nitrogen and oxygen atoms in total. The number of fused-ring (bicyclic) bond motifs is 1. The van der Waals surface area contributed by atoms with Gasteiger partial charge in [-0.25, -0.2) is 4.39 Å². The molecule has 0 spiro atoms. The summed E-state index contributed by atoms with van der Waals surface area (Å²) < 4.78 is 24.9. The fourth-order valence-corrected chi connectivity index (χ4v) is 4.59. The molecule has 0 saturated carbocycles. The number of para-hydroxylation sites is 1. The first kappa shape index (κ1) is 24.3. The molecular weight excluding hydrogens is 473 g/mol. The van der Waals surface area contributed by atoms with E-state index in [9.17, 15) is 19.1 Å². The first-order valence-electron chi connectivity index (χ1n) is 12.1. The van der Waals surface area contributed by atoms with Gasteiger partial charge in [0.1, 0.15) is 17.1 Å². The minimum atomic E-state index is -0.832. The average molecular weight is 500 g/mol. The highest BCUT2D eigenvalue weighted by Crippen LogP contribution is 2.40. The molecule has 1 aliphatic rings. The van der Waals surface area contributed by atoms with Gasteiger partial charge in [0, 0.05) is 11.9 Å². The highest BCUT2D eigenvalue weighted by Gasteiger charge is 2.44. The number of aliphatic hydroxyl groups is 1. The Labute approximate surface area is 213 Å². The van der Waals surface area contributed by atoms with Gasteiger partial charge >= 0.3 is 0 Å². The molecule has 5 rings (SSSR count). The zero-order valence-corrected chi connectivity index (χ0v) is 20.5. The quantitative estimate of drug-likeness (QED) is 0.293. The van der Waals surface area contributed by atoms with E-state index in [2.05, 4.69) is 0 Å². The minimum absolute atomic E-state index is 0.0136. The highest BCUT2D eigenvalue weighted by atomic mass is 19.1. The molecular formula is C30H26FNO5. The number of carbonyl (C=O) groups is 2. The first-order valence-corrected chi connectivity index (χ1v) is 12.1. The van der Waals surface area contributed by atoms with Crippen LogP contribution in [0.4, 0.5) is 4.39 Å². The summed E-state index contributed by atoms with van der Waals surface area (Å²) in [6, 6.07) is 21.1. The third-order valence-corrected chi connectivity index (χ3v) is 6.32. The molecule has 1 N–H and O–H groups in total. The molecule has 3 aromatic carbocycles. The fraction of sp³-hybridized carbons (Fsp3) is 0.200. The van der Waals surface area contributed by atoms with Crippen LogP contribution in [0.25, 0.3) is 11.0 Å². The number of hydrogen-bond donors (Lipinski definition) is 1. The van der Waals surface area contributed by atoms with Crippen LogP contribution in [-0.4, -0.2) is 34.3 Å². The Hall–Kier alpha value is -4.39. The molecule has 0 bridgehead atoms. The van der Waals surface area contributed by atoms with E-state index < -0.39 is 23.5 Å². The number of Topliss-reactive ketones (excluding diaryl/α,β-unsaturated/α-hetero) is 1. The van der Waals surface area contributed by atoms with E-state index in [0.29, 0.717) is 23.3 Å². The molecule has 1 unspecified atom stereocenters. The van der Waals surface area contributed by atoms with Gasteiger partial charge in [-0.05, 0) is 67.8 Å². The van der Waals surface area contributed by atoms with E-state index in [1.807, 2.05) is 26.0 Å². The zero-order chi connectivity index (χ0) is 26.1. The van der Waals surface area contributed by atoms with E-state index in [1.54, 1.807) is 54.6 Å². The number of furan rings is 1. The van der Waals surface area contributed by atoms with Crippen molar-refractivity contribution in [1.82, 2.24) is 4.90 Å². The molecule has 0 radical (unpaired) electrons. The van der Waals surface area contributed by atoms with E-state index in [-0.39, 0.29) is 29.8 Å². The molecule has 37 heavy (non-hydrogen) atoms. The summed E-state index contributed by atoms with van der Waals surface area (Å²) in [5.41, 5.74) is 1.97. The summed E-state index contributed by atoms with van der Waals surface area (Å²) in [6.07, 6.45) is 0.400. The average Bonchev–Trinajstić information content (AvgIpc) is 3.43. The number of hydrogen-bond acceptors (Lipinski definition) is 5. The Morgan fingerprint density at radius 2 is 1.76 bits per heavy atom. The molecule has 1 amide bonds. The van der Waals surface area contributed by atoms with Crippen molar-refractivity contribution in [1.29, 1.82) is 0 Å². The number of benzene rings is 3. The molecule has 1 aliphatic heterocycles. The smallest absolute Gasteiger partial charge is 0.290 e. The Bertz CT molecular complexity index is 1450. The molecule has 4 aromatic rings. The van der Waals surface area contributed by atoms with Crippen molar-refractivity contribution < 1.29 is 28.2 Å². The van der Waals surface area contributed by atoms with Crippen LogP contribution in [0.1, 0.15) is 41.6 Å². The summed E-state index contributed by atoms with van der Waals surface area (Å²) in [5.74, 6) is -1.45. The van der Waals surface area contributed by atoms with Crippen molar-refractivity contribution in [2.75, 3.05) is 6.54 Å². The Kier molecular flexibility index (Phi) is 6.53. The van der Waals surface area contributed by atoms with Crippen molar-refractivity contribution in [3.05, 3.63) is 113 Å². The van der Waals surface area contributed by atoms with Crippen LogP contribution in [0.3, 0.4) is 0 Å². The van der Waals surface area contributed by atoms with Gasteiger partial charge in [0.15, 0.2) is 11.5 Å². The van der Waals surface area contributed by atoms with Gasteiger partial charge in [-0.3, -0.25) is 9.59 Å². The predicted octanol–water partition coefficient (Wildman–Crippen LogP) is 6.18. The van der Waals surface area contributed by atoms with Crippen molar-refractivity contribution >= 4 is 22.7 Å². The van der Waals surface area contributed by atoms with Gasteiger partial charge < -0.3 is 19.2 Å². The second-order valence-electron chi connectivity index (χ2n) is 9.25. The van der Waals surface area contributed by atoms with Crippen LogP contribution in [0.15, 0.2) is 94.6 Å². The number of carbonyl (C=O) groups excluding carboxylic acids is 2. The summed E-state index contributed by atoms with van der Waals surface area (Å²) in [4.78, 5) is 28.4. The lowest BCUT2D eigenvalue weighted by molar-refractivity contribution is -0.129. The molecule has 7 heteroatoms. The lowest BCUT2D eigenvalue weighted by Gasteiger charge is -2.27. The monoisotopic (exact) mass is 499 g/mol. The van der Waals surface area contributed by atoms with Gasteiger partial charge in [0.25, 0.3) is 5.91 Å². The van der Waals surface area contributed by atoms with Crippen molar-refractivity contribution in [2.24, 2.45) is 0 Å². The van der Waals surface area contributed by atoms with Crippen LogP contribution >= 0.6 is 0 Å². The SMILES string of the molecule is CC(C)Oc1ccc(C2C(C(=O)c3cc4ccccc4o3)=C(O)C(=O)N2CCc2ccc(F)cc2)cc1. The Balaban J connectivity index is 1.51. The molecule has 0 fully saturated rings. The van der Waals surface area contributed by atoms with Crippen LogP contribution in [0, 0.1) is 5.82 Å². The van der Waals surface area contributed by atoms with E-state index in [0.717, 1.165) is 10.9 Å². The molecule has 2 heterocycles. The summed E-state index contributed by atoms with van der Waals surface area (Å²) in [6.45, 7) is 4.05. The molecule has 0 saturated heterocycles. The lowest BCUT2D eigenvalue weighted by Crippen LogP contribution is -2.33. The summed E-state index contributed by atoms with van der Waals surface area (Å²) >= 11 is 0. The highest BCUT2D eigenvalue weighted by molar-refractivity contribution is 6.16. The second-order valence-corrected chi connectivity index (χ2v) is 9.25.